The number of hydrogen-bond acceptors (Lipinski definition) is 6. The molecule has 3 heterocycles. The highest BCUT2D eigenvalue weighted by molar-refractivity contribution is 6.30. The van der Waals surface area contributed by atoms with E-state index in [2.05, 4.69) is 20.0 Å². The Kier molecular flexibility index (Phi) is 3.83. The summed E-state index contributed by atoms with van der Waals surface area (Å²) in [5, 5.41) is 4.84. The van der Waals surface area contributed by atoms with Crippen molar-refractivity contribution in [3.05, 3.63) is 23.5 Å². The van der Waals surface area contributed by atoms with Crippen LogP contribution in [0.3, 0.4) is 0 Å². The molecule has 1 saturated heterocycles. The summed E-state index contributed by atoms with van der Waals surface area (Å²) in [5.41, 5.74) is 0. The Hall–Kier alpha value is -2.02. The summed E-state index contributed by atoms with van der Waals surface area (Å²) in [6.07, 6.45) is 3.48. The first-order valence-corrected chi connectivity index (χ1v) is 6.95. The predicted octanol–water partition coefficient (Wildman–Crippen LogP) is 1.48. The Labute approximate surface area is 127 Å². The average molecular weight is 310 g/mol. The average Bonchev–Trinajstić information content (AvgIpc) is 2.87. The summed E-state index contributed by atoms with van der Waals surface area (Å²) in [5.74, 6) is 2.13. The first-order valence-electron chi connectivity index (χ1n) is 6.58. The highest BCUT2D eigenvalue weighted by atomic mass is 35.5. The van der Waals surface area contributed by atoms with Crippen LogP contribution in [0.15, 0.2) is 18.5 Å². The monoisotopic (exact) mass is 309 g/mol. The third kappa shape index (κ3) is 3.02. The normalized spacial score (nSPS) is 14.9. The number of aromatic nitrogens is 4. The molecule has 2 aromatic rings. The van der Waals surface area contributed by atoms with Crippen LogP contribution >= 0.6 is 11.6 Å². The lowest BCUT2D eigenvalue weighted by molar-refractivity contribution is 0.330. The summed E-state index contributed by atoms with van der Waals surface area (Å²) in [6, 6.07) is 1.66. The molecule has 2 aromatic heterocycles. The maximum absolute atomic E-state index is 5.85. The lowest BCUT2D eigenvalue weighted by Crippen LogP contribution is -2.49. The van der Waals surface area contributed by atoms with Crippen molar-refractivity contribution >= 4 is 17.5 Å². The smallest absolute Gasteiger partial charge is 0.231 e. The number of ether oxygens (including phenoxy) is 2. The summed E-state index contributed by atoms with van der Waals surface area (Å²) in [4.78, 5) is 10.8. The third-order valence-electron chi connectivity index (χ3n) is 3.37. The van der Waals surface area contributed by atoms with Gasteiger partial charge in [0.05, 0.1) is 31.5 Å². The highest BCUT2D eigenvalue weighted by Gasteiger charge is 2.30. The molecule has 0 radical (unpaired) electrons. The Bertz CT molecular complexity index is 605. The van der Waals surface area contributed by atoms with Crippen molar-refractivity contribution < 1.29 is 9.47 Å². The van der Waals surface area contributed by atoms with Gasteiger partial charge >= 0.3 is 0 Å². The van der Waals surface area contributed by atoms with Crippen LogP contribution in [0, 0.1) is 5.92 Å². The molecule has 0 unspecified atom stereocenters. The fraction of sp³-hybridized carbons (Fsp3) is 0.462. The second-order valence-corrected chi connectivity index (χ2v) is 5.34. The molecule has 0 atom stereocenters. The van der Waals surface area contributed by atoms with Crippen molar-refractivity contribution in [2.45, 2.75) is 6.54 Å². The SMILES string of the molecule is COc1cc(OC)nc(N2CC(Cn3cc(Cl)cn3)C2)n1. The van der Waals surface area contributed by atoms with Gasteiger partial charge in [0.2, 0.25) is 17.7 Å². The van der Waals surface area contributed by atoms with E-state index in [1.54, 1.807) is 26.5 Å². The predicted molar refractivity (Wildman–Crippen MR) is 78.1 cm³/mol. The highest BCUT2D eigenvalue weighted by Crippen LogP contribution is 2.26. The molecular formula is C13H16ClN5O2. The Morgan fingerprint density at radius 2 is 1.90 bits per heavy atom. The van der Waals surface area contributed by atoms with Gasteiger partial charge in [0.25, 0.3) is 0 Å². The van der Waals surface area contributed by atoms with Gasteiger partial charge in [0.1, 0.15) is 0 Å². The van der Waals surface area contributed by atoms with E-state index in [0.717, 1.165) is 19.6 Å². The fourth-order valence-electron chi connectivity index (χ4n) is 2.29. The third-order valence-corrected chi connectivity index (χ3v) is 3.57. The van der Waals surface area contributed by atoms with Crippen LogP contribution in [0.25, 0.3) is 0 Å². The molecule has 1 aliphatic rings. The van der Waals surface area contributed by atoms with E-state index in [9.17, 15) is 0 Å². The van der Waals surface area contributed by atoms with Crippen molar-refractivity contribution in [2.24, 2.45) is 5.92 Å². The quantitative estimate of drug-likeness (QED) is 0.833. The molecule has 1 aliphatic heterocycles. The van der Waals surface area contributed by atoms with Gasteiger partial charge in [-0.1, -0.05) is 11.6 Å². The van der Waals surface area contributed by atoms with Crippen molar-refractivity contribution in [3.63, 3.8) is 0 Å². The van der Waals surface area contributed by atoms with Gasteiger partial charge in [-0.15, -0.1) is 0 Å². The first kappa shape index (κ1) is 13.9. The lowest BCUT2D eigenvalue weighted by atomic mass is 10.0. The number of hydrogen-bond donors (Lipinski definition) is 0. The second kappa shape index (κ2) is 5.77. The molecule has 0 saturated carbocycles. The van der Waals surface area contributed by atoms with Gasteiger partial charge in [-0.2, -0.15) is 15.1 Å². The number of nitrogens with zero attached hydrogens (tertiary/aromatic N) is 5. The molecule has 7 nitrogen and oxygen atoms in total. The summed E-state index contributed by atoms with van der Waals surface area (Å²) in [6.45, 7) is 2.58. The van der Waals surface area contributed by atoms with Gasteiger partial charge in [-0.05, 0) is 0 Å². The Balaban J connectivity index is 1.63. The zero-order valence-electron chi connectivity index (χ0n) is 11.9. The molecule has 1 fully saturated rings. The zero-order chi connectivity index (χ0) is 14.8. The minimum atomic E-state index is 0.499. The first-order chi connectivity index (χ1) is 10.2. The molecule has 112 valence electrons. The van der Waals surface area contributed by atoms with E-state index < -0.39 is 0 Å². The van der Waals surface area contributed by atoms with Crippen LogP contribution in [0.4, 0.5) is 5.95 Å². The van der Waals surface area contributed by atoms with Gasteiger partial charge in [-0.3, -0.25) is 4.68 Å². The van der Waals surface area contributed by atoms with Crippen molar-refractivity contribution in [1.29, 1.82) is 0 Å². The second-order valence-electron chi connectivity index (χ2n) is 4.90. The van der Waals surface area contributed by atoms with E-state index in [1.807, 2.05) is 10.9 Å². The number of methoxy groups -OCH3 is 2. The topological polar surface area (TPSA) is 65.3 Å². The van der Waals surface area contributed by atoms with Crippen LogP contribution in [0.2, 0.25) is 5.02 Å². The molecule has 0 amide bonds. The zero-order valence-corrected chi connectivity index (χ0v) is 12.6. The lowest BCUT2D eigenvalue weighted by Gasteiger charge is -2.39. The fourth-order valence-corrected chi connectivity index (χ4v) is 2.45. The minimum absolute atomic E-state index is 0.499. The Morgan fingerprint density at radius 3 is 2.43 bits per heavy atom. The van der Waals surface area contributed by atoms with E-state index in [1.165, 1.54) is 0 Å². The largest absolute Gasteiger partial charge is 0.481 e. The maximum Gasteiger partial charge on any atom is 0.231 e. The number of rotatable bonds is 5. The van der Waals surface area contributed by atoms with Crippen LogP contribution in [0.5, 0.6) is 11.8 Å². The minimum Gasteiger partial charge on any atom is -0.481 e. The molecule has 21 heavy (non-hydrogen) atoms. The summed E-state index contributed by atoms with van der Waals surface area (Å²) < 4.78 is 12.2. The molecule has 0 aliphatic carbocycles. The number of halogens is 1. The van der Waals surface area contributed by atoms with Crippen molar-refractivity contribution in [3.8, 4) is 11.8 Å². The van der Waals surface area contributed by atoms with Crippen LogP contribution in [-0.4, -0.2) is 47.1 Å². The van der Waals surface area contributed by atoms with Crippen LogP contribution in [0.1, 0.15) is 0 Å². The molecular weight excluding hydrogens is 294 g/mol. The van der Waals surface area contributed by atoms with Gasteiger partial charge in [0, 0.05) is 31.7 Å². The van der Waals surface area contributed by atoms with E-state index in [0.29, 0.717) is 28.6 Å². The van der Waals surface area contributed by atoms with E-state index in [4.69, 9.17) is 21.1 Å². The van der Waals surface area contributed by atoms with E-state index in [-0.39, 0.29) is 0 Å². The standard InChI is InChI=1S/C13H16ClN5O2/c1-20-11-3-12(21-2)17-13(16-11)18-5-9(6-18)7-19-8-10(14)4-15-19/h3-4,8-9H,5-7H2,1-2H3. The molecule has 0 bridgehead atoms. The van der Waals surface area contributed by atoms with Gasteiger partial charge < -0.3 is 14.4 Å². The van der Waals surface area contributed by atoms with Crippen LogP contribution < -0.4 is 14.4 Å². The number of anilines is 1. The maximum atomic E-state index is 5.85. The molecule has 0 aromatic carbocycles. The molecule has 3 rings (SSSR count). The molecule has 0 N–H and O–H groups in total. The van der Waals surface area contributed by atoms with E-state index >= 15 is 0 Å². The van der Waals surface area contributed by atoms with Gasteiger partial charge in [-0.25, -0.2) is 0 Å². The van der Waals surface area contributed by atoms with Crippen molar-refractivity contribution in [2.75, 3.05) is 32.2 Å². The Morgan fingerprint density at radius 1 is 1.24 bits per heavy atom. The molecule has 8 heteroatoms. The van der Waals surface area contributed by atoms with Gasteiger partial charge in [0.15, 0.2) is 0 Å². The summed E-state index contributed by atoms with van der Waals surface area (Å²) >= 11 is 5.85. The van der Waals surface area contributed by atoms with Crippen molar-refractivity contribution in [1.82, 2.24) is 19.7 Å². The van der Waals surface area contributed by atoms with Crippen LogP contribution in [-0.2, 0) is 6.54 Å². The molecule has 0 spiro atoms. The summed E-state index contributed by atoms with van der Waals surface area (Å²) in [7, 11) is 3.15.